The molecule has 0 aromatic carbocycles. The third kappa shape index (κ3) is 5.19. The van der Waals surface area contributed by atoms with Crippen molar-refractivity contribution in [2.24, 2.45) is 5.92 Å². The maximum absolute atomic E-state index is 5.67. The summed E-state index contributed by atoms with van der Waals surface area (Å²) in [7, 11) is 0. The number of halogens is 1. The summed E-state index contributed by atoms with van der Waals surface area (Å²) >= 11 is 5.67. The number of rotatable bonds is 7. The molecule has 0 bridgehead atoms. The van der Waals surface area contributed by atoms with Gasteiger partial charge in [0, 0.05) is 18.4 Å². The summed E-state index contributed by atoms with van der Waals surface area (Å²) in [5.41, 5.74) is 1.05. The van der Waals surface area contributed by atoms with Crippen molar-refractivity contribution in [3.05, 3.63) is 18.0 Å². The number of ether oxygens (including phenoxy) is 1. The van der Waals surface area contributed by atoms with E-state index in [1.54, 1.807) is 6.20 Å². The lowest BCUT2D eigenvalue weighted by atomic mass is 10.1. The second kappa shape index (κ2) is 6.85. The average molecular weight is 231 g/mol. The molecule has 0 unspecified atom stereocenters. The molecule has 0 saturated heterocycles. The Hall–Kier alpha value is -0.540. The first-order chi connectivity index (χ1) is 7.22. The lowest BCUT2D eigenvalue weighted by molar-refractivity contribution is 0.114. The van der Waals surface area contributed by atoms with Crippen LogP contribution in [0.1, 0.15) is 25.8 Å². The van der Waals surface area contributed by atoms with Gasteiger partial charge in [0.1, 0.15) is 0 Å². The monoisotopic (exact) mass is 230 g/mol. The summed E-state index contributed by atoms with van der Waals surface area (Å²) in [6.07, 6.45) is 4.87. The van der Waals surface area contributed by atoms with E-state index in [4.69, 9.17) is 16.3 Å². The predicted octanol–water partition coefficient (Wildman–Crippen LogP) is 2.68. The van der Waals surface area contributed by atoms with Gasteiger partial charge in [-0.25, -0.2) is 0 Å². The third-order valence-corrected chi connectivity index (χ3v) is 2.45. The Morgan fingerprint density at radius 1 is 1.47 bits per heavy atom. The zero-order valence-corrected chi connectivity index (χ0v) is 10.2. The summed E-state index contributed by atoms with van der Waals surface area (Å²) in [6, 6.07) is 0. The van der Waals surface area contributed by atoms with Gasteiger partial charge in [-0.05, 0) is 12.3 Å². The van der Waals surface area contributed by atoms with Crippen molar-refractivity contribution in [2.75, 3.05) is 13.2 Å². The predicted molar refractivity (Wildman–Crippen MR) is 62.1 cm³/mol. The molecule has 15 heavy (non-hydrogen) atoms. The molecule has 0 spiro atoms. The van der Waals surface area contributed by atoms with Crippen molar-refractivity contribution in [3.63, 3.8) is 0 Å². The first-order valence-corrected chi connectivity index (χ1v) is 5.91. The largest absolute Gasteiger partial charge is 0.380 e. The molecule has 0 aliphatic rings. The second-order valence-electron chi connectivity index (χ2n) is 4.04. The molecule has 1 heterocycles. The Balaban J connectivity index is 2.09. The third-order valence-electron chi connectivity index (χ3n) is 2.15. The Labute approximate surface area is 96.4 Å². The highest BCUT2D eigenvalue weighted by Crippen LogP contribution is 2.02. The molecule has 0 atom stereocenters. The van der Waals surface area contributed by atoms with E-state index in [9.17, 15) is 0 Å². The van der Waals surface area contributed by atoms with Crippen molar-refractivity contribution in [3.8, 4) is 0 Å². The van der Waals surface area contributed by atoms with Crippen LogP contribution in [0.3, 0.4) is 0 Å². The highest BCUT2D eigenvalue weighted by Gasteiger charge is 1.97. The fourth-order valence-corrected chi connectivity index (χ4v) is 1.31. The van der Waals surface area contributed by atoms with E-state index in [2.05, 4.69) is 18.9 Å². The molecule has 1 aromatic heterocycles. The smallest absolute Gasteiger partial charge is 0.0662 e. The number of hydrogen-bond acceptors (Lipinski definition) is 2. The summed E-state index contributed by atoms with van der Waals surface area (Å²) in [6.45, 7) is 6.75. The zero-order chi connectivity index (χ0) is 11.1. The van der Waals surface area contributed by atoms with Gasteiger partial charge in [-0.15, -0.1) is 11.6 Å². The molecule has 0 fully saturated rings. The summed E-state index contributed by atoms with van der Waals surface area (Å²) in [5.74, 6) is 1.23. The van der Waals surface area contributed by atoms with Crippen molar-refractivity contribution < 1.29 is 4.74 Å². The molecule has 0 aliphatic heterocycles. The van der Waals surface area contributed by atoms with Gasteiger partial charge in [-0.1, -0.05) is 13.8 Å². The standard InChI is InChI=1S/C11H19ClN2O/c1-10(2)3-5-15-6-4-14-9-11(7-12)8-13-14/h8-10H,3-7H2,1-2H3. The van der Waals surface area contributed by atoms with E-state index in [-0.39, 0.29) is 0 Å². The summed E-state index contributed by atoms with van der Waals surface area (Å²) in [4.78, 5) is 0. The lowest BCUT2D eigenvalue weighted by Crippen LogP contribution is -2.08. The fourth-order valence-electron chi connectivity index (χ4n) is 1.18. The van der Waals surface area contributed by atoms with Crippen molar-refractivity contribution in [1.82, 2.24) is 9.78 Å². The van der Waals surface area contributed by atoms with Crippen LogP contribution in [0.4, 0.5) is 0 Å². The van der Waals surface area contributed by atoms with Gasteiger partial charge in [0.2, 0.25) is 0 Å². The van der Waals surface area contributed by atoms with Gasteiger partial charge in [0.15, 0.2) is 0 Å². The highest BCUT2D eigenvalue weighted by molar-refractivity contribution is 6.17. The van der Waals surface area contributed by atoms with E-state index in [1.807, 2.05) is 10.9 Å². The van der Waals surface area contributed by atoms with E-state index in [1.165, 1.54) is 0 Å². The van der Waals surface area contributed by atoms with Crippen LogP contribution in [-0.4, -0.2) is 23.0 Å². The highest BCUT2D eigenvalue weighted by atomic mass is 35.5. The van der Waals surface area contributed by atoms with Gasteiger partial charge < -0.3 is 4.74 Å². The first kappa shape index (κ1) is 12.5. The maximum atomic E-state index is 5.67. The van der Waals surface area contributed by atoms with Crippen LogP contribution < -0.4 is 0 Å². The molecule has 3 nitrogen and oxygen atoms in total. The number of alkyl halides is 1. The minimum absolute atomic E-state index is 0.522. The van der Waals surface area contributed by atoms with Crippen LogP contribution in [0.5, 0.6) is 0 Å². The minimum Gasteiger partial charge on any atom is -0.380 e. The van der Waals surface area contributed by atoms with E-state index in [0.717, 1.165) is 31.7 Å². The Morgan fingerprint density at radius 3 is 2.87 bits per heavy atom. The zero-order valence-electron chi connectivity index (χ0n) is 9.45. The topological polar surface area (TPSA) is 27.1 Å². The van der Waals surface area contributed by atoms with Crippen molar-refractivity contribution in [1.29, 1.82) is 0 Å². The lowest BCUT2D eigenvalue weighted by Gasteiger charge is -2.06. The molecule has 86 valence electrons. The van der Waals surface area contributed by atoms with Crippen molar-refractivity contribution in [2.45, 2.75) is 32.7 Å². The molecular formula is C11H19ClN2O. The molecule has 0 N–H and O–H groups in total. The molecule has 0 aliphatic carbocycles. The van der Waals surface area contributed by atoms with E-state index >= 15 is 0 Å². The van der Waals surface area contributed by atoms with Crippen LogP contribution in [-0.2, 0) is 17.2 Å². The van der Waals surface area contributed by atoms with Crippen LogP contribution in [0, 0.1) is 5.92 Å². The van der Waals surface area contributed by atoms with Gasteiger partial charge in [-0.2, -0.15) is 5.10 Å². The number of nitrogens with zero attached hydrogens (tertiary/aromatic N) is 2. The molecule has 0 saturated carbocycles. The fraction of sp³-hybridized carbons (Fsp3) is 0.727. The number of hydrogen-bond donors (Lipinski definition) is 0. The minimum atomic E-state index is 0.522. The Kier molecular flexibility index (Phi) is 5.73. The van der Waals surface area contributed by atoms with E-state index in [0.29, 0.717) is 11.8 Å². The van der Waals surface area contributed by atoms with Gasteiger partial charge in [0.25, 0.3) is 0 Å². The Morgan fingerprint density at radius 2 is 2.27 bits per heavy atom. The van der Waals surface area contributed by atoms with Crippen LogP contribution in [0.2, 0.25) is 0 Å². The molecule has 4 heteroatoms. The molecule has 1 aromatic rings. The average Bonchev–Trinajstić information content (AvgIpc) is 2.65. The Bertz CT molecular complexity index is 273. The maximum Gasteiger partial charge on any atom is 0.0662 e. The van der Waals surface area contributed by atoms with E-state index < -0.39 is 0 Å². The first-order valence-electron chi connectivity index (χ1n) is 5.37. The van der Waals surface area contributed by atoms with Crippen molar-refractivity contribution >= 4 is 11.6 Å². The number of aromatic nitrogens is 2. The SMILES string of the molecule is CC(C)CCOCCn1cc(CCl)cn1. The second-order valence-corrected chi connectivity index (χ2v) is 4.31. The van der Waals surface area contributed by atoms with Gasteiger partial charge in [0.05, 0.1) is 25.2 Å². The quantitative estimate of drug-likeness (QED) is 0.532. The van der Waals surface area contributed by atoms with Crippen LogP contribution in [0.25, 0.3) is 0 Å². The normalized spacial score (nSPS) is 11.2. The molecule has 0 amide bonds. The van der Waals surface area contributed by atoms with Gasteiger partial charge in [-0.3, -0.25) is 4.68 Å². The molecule has 0 radical (unpaired) electrons. The molecule has 1 rings (SSSR count). The van der Waals surface area contributed by atoms with Crippen LogP contribution in [0.15, 0.2) is 12.4 Å². The van der Waals surface area contributed by atoms with Crippen LogP contribution >= 0.6 is 11.6 Å². The summed E-state index contributed by atoms with van der Waals surface area (Å²) in [5, 5.41) is 4.17. The molecular weight excluding hydrogens is 212 g/mol. The summed E-state index contributed by atoms with van der Waals surface area (Å²) < 4.78 is 7.37. The van der Waals surface area contributed by atoms with Gasteiger partial charge >= 0.3 is 0 Å².